The maximum atomic E-state index is 11.6. The molecule has 0 radical (unpaired) electrons. The smallest absolute Gasteiger partial charge is 0.265 e. The molecule has 4 nitrogen and oxygen atoms in total. The monoisotopic (exact) mass is 243 g/mol. The molecule has 0 saturated carbocycles. The number of rotatable bonds is 1. The highest BCUT2D eigenvalue weighted by atomic mass is 16.2. The molecule has 94 valence electrons. The predicted molar refractivity (Wildman–Crippen MR) is 71.2 cm³/mol. The lowest BCUT2D eigenvalue weighted by Crippen LogP contribution is -2.29. The number of hydrazine groups is 1. The fourth-order valence-electron chi connectivity index (χ4n) is 2.99. The molecule has 0 atom stereocenters. The van der Waals surface area contributed by atoms with Crippen molar-refractivity contribution in [3.63, 3.8) is 0 Å². The summed E-state index contributed by atoms with van der Waals surface area (Å²) in [4.78, 5) is 11.6. The van der Waals surface area contributed by atoms with E-state index in [1.54, 1.807) is 0 Å². The average molecular weight is 243 g/mol. The zero-order chi connectivity index (χ0) is 12.7. The van der Waals surface area contributed by atoms with Crippen LogP contribution >= 0.6 is 0 Å². The Labute approximate surface area is 106 Å². The van der Waals surface area contributed by atoms with Crippen molar-refractivity contribution in [2.24, 2.45) is 12.9 Å². The standard InChI is InChI=1S/C14H17N3O/c1-17-12-5-3-2-4-10(12)11-8-9(14(18)16-15)6-7-13(11)17/h6-8H,2-5,15H2,1H3,(H,16,18). The third-order valence-corrected chi connectivity index (χ3v) is 3.92. The van der Waals surface area contributed by atoms with Gasteiger partial charge in [-0.25, -0.2) is 5.84 Å². The van der Waals surface area contributed by atoms with Crippen molar-refractivity contribution in [1.29, 1.82) is 0 Å². The van der Waals surface area contributed by atoms with E-state index in [0.717, 1.165) is 12.8 Å². The molecular weight excluding hydrogens is 226 g/mol. The van der Waals surface area contributed by atoms with Gasteiger partial charge in [0.05, 0.1) is 0 Å². The van der Waals surface area contributed by atoms with E-state index in [-0.39, 0.29) is 5.91 Å². The van der Waals surface area contributed by atoms with Crippen LogP contribution in [0.5, 0.6) is 0 Å². The lowest BCUT2D eigenvalue weighted by atomic mass is 9.95. The Hall–Kier alpha value is -1.81. The summed E-state index contributed by atoms with van der Waals surface area (Å²) in [5.41, 5.74) is 6.85. The van der Waals surface area contributed by atoms with E-state index >= 15 is 0 Å². The molecule has 3 N–H and O–H groups in total. The van der Waals surface area contributed by atoms with Crippen LogP contribution in [0.3, 0.4) is 0 Å². The van der Waals surface area contributed by atoms with Gasteiger partial charge < -0.3 is 4.57 Å². The van der Waals surface area contributed by atoms with Gasteiger partial charge in [0.15, 0.2) is 0 Å². The minimum atomic E-state index is -0.231. The molecule has 1 aromatic heterocycles. The van der Waals surface area contributed by atoms with Gasteiger partial charge in [-0.3, -0.25) is 10.2 Å². The fourth-order valence-corrected chi connectivity index (χ4v) is 2.99. The fraction of sp³-hybridized carbons (Fsp3) is 0.357. The van der Waals surface area contributed by atoms with Crippen LogP contribution in [0.4, 0.5) is 0 Å². The van der Waals surface area contributed by atoms with Gasteiger partial charge in [-0.15, -0.1) is 0 Å². The molecule has 0 unspecified atom stereocenters. The van der Waals surface area contributed by atoms with Crippen molar-refractivity contribution in [2.75, 3.05) is 0 Å². The highest BCUT2D eigenvalue weighted by molar-refractivity contribution is 5.99. The summed E-state index contributed by atoms with van der Waals surface area (Å²) in [6, 6.07) is 5.80. The van der Waals surface area contributed by atoms with Gasteiger partial charge in [-0.1, -0.05) is 0 Å². The average Bonchev–Trinajstić information content (AvgIpc) is 2.72. The molecule has 0 saturated heterocycles. The van der Waals surface area contributed by atoms with E-state index < -0.39 is 0 Å². The molecule has 0 aliphatic heterocycles. The molecular formula is C14H17N3O. The number of amides is 1. The maximum Gasteiger partial charge on any atom is 0.265 e. The molecule has 0 bridgehead atoms. The van der Waals surface area contributed by atoms with Crippen LogP contribution in [0.2, 0.25) is 0 Å². The number of fused-ring (bicyclic) bond motifs is 3. The van der Waals surface area contributed by atoms with Gasteiger partial charge in [0.25, 0.3) is 5.91 Å². The van der Waals surface area contributed by atoms with Crippen molar-refractivity contribution in [1.82, 2.24) is 9.99 Å². The second kappa shape index (κ2) is 4.14. The first-order valence-electron chi connectivity index (χ1n) is 6.33. The predicted octanol–water partition coefficient (Wildman–Crippen LogP) is 1.66. The summed E-state index contributed by atoms with van der Waals surface area (Å²) in [5, 5.41) is 1.20. The van der Waals surface area contributed by atoms with Crippen LogP contribution in [0.15, 0.2) is 18.2 Å². The summed E-state index contributed by atoms with van der Waals surface area (Å²) >= 11 is 0. The lowest BCUT2D eigenvalue weighted by molar-refractivity contribution is 0.0954. The van der Waals surface area contributed by atoms with E-state index in [4.69, 9.17) is 5.84 Å². The van der Waals surface area contributed by atoms with Crippen LogP contribution in [-0.2, 0) is 19.9 Å². The molecule has 3 rings (SSSR count). The highest BCUT2D eigenvalue weighted by Crippen LogP contribution is 2.31. The Bertz CT molecular complexity index is 627. The number of nitrogen functional groups attached to an aromatic ring is 1. The Morgan fingerprint density at radius 2 is 2.11 bits per heavy atom. The Morgan fingerprint density at radius 1 is 1.33 bits per heavy atom. The van der Waals surface area contributed by atoms with E-state index in [0.29, 0.717) is 5.56 Å². The zero-order valence-electron chi connectivity index (χ0n) is 10.5. The Kier molecular flexibility index (Phi) is 2.59. The summed E-state index contributed by atoms with van der Waals surface area (Å²) in [6.07, 6.45) is 4.74. The number of nitrogens with one attached hydrogen (secondary N) is 1. The number of nitrogens with two attached hydrogens (primary N) is 1. The Morgan fingerprint density at radius 3 is 2.89 bits per heavy atom. The first-order chi connectivity index (χ1) is 8.72. The second-order valence-electron chi connectivity index (χ2n) is 4.90. The summed E-state index contributed by atoms with van der Waals surface area (Å²) in [6.45, 7) is 0. The minimum Gasteiger partial charge on any atom is -0.347 e. The topological polar surface area (TPSA) is 60.0 Å². The molecule has 1 aliphatic rings. The van der Waals surface area contributed by atoms with Crippen LogP contribution in [0.25, 0.3) is 10.9 Å². The van der Waals surface area contributed by atoms with E-state index in [1.165, 1.54) is 35.0 Å². The second-order valence-corrected chi connectivity index (χ2v) is 4.90. The van der Waals surface area contributed by atoms with Gasteiger partial charge >= 0.3 is 0 Å². The quantitative estimate of drug-likeness (QED) is 0.454. The van der Waals surface area contributed by atoms with Crippen molar-refractivity contribution in [2.45, 2.75) is 25.7 Å². The van der Waals surface area contributed by atoms with Crippen LogP contribution in [0.1, 0.15) is 34.5 Å². The molecule has 0 spiro atoms. The van der Waals surface area contributed by atoms with Crippen molar-refractivity contribution < 1.29 is 4.79 Å². The van der Waals surface area contributed by atoms with Crippen LogP contribution < -0.4 is 11.3 Å². The van der Waals surface area contributed by atoms with E-state index in [2.05, 4.69) is 17.0 Å². The Balaban J connectivity index is 2.24. The van der Waals surface area contributed by atoms with Gasteiger partial charge in [0.2, 0.25) is 0 Å². The SMILES string of the molecule is Cn1c2c(c3cc(C(=O)NN)ccc31)CCCC2. The number of carbonyl (C=O) groups excluding carboxylic acids is 1. The molecule has 1 amide bonds. The first-order valence-corrected chi connectivity index (χ1v) is 6.33. The van der Waals surface area contributed by atoms with Gasteiger partial charge in [-0.05, 0) is 49.4 Å². The van der Waals surface area contributed by atoms with Gasteiger partial charge in [0, 0.05) is 29.2 Å². The maximum absolute atomic E-state index is 11.6. The third-order valence-electron chi connectivity index (χ3n) is 3.92. The van der Waals surface area contributed by atoms with Crippen molar-refractivity contribution in [3.05, 3.63) is 35.0 Å². The summed E-state index contributed by atoms with van der Waals surface area (Å²) in [7, 11) is 2.11. The van der Waals surface area contributed by atoms with Gasteiger partial charge in [-0.2, -0.15) is 0 Å². The lowest BCUT2D eigenvalue weighted by Gasteiger charge is -2.12. The number of nitrogens with zero attached hydrogens (tertiary/aromatic N) is 1. The van der Waals surface area contributed by atoms with E-state index in [1.807, 2.05) is 18.2 Å². The summed E-state index contributed by atoms with van der Waals surface area (Å²) in [5.74, 6) is 4.96. The number of hydrogen-bond donors (Lipinski definition) is 2. The highest BCUT2D eigenvalue weighted by Gasteiger charge is 2.19. The molecule has 1 aromatic carbocycles. The zero-order valence-corrected chi connectivity index (χ0v) is 10.5. The molecule has 1 heterocycles. The van der Waals surface area contributed by atoms with Crippen LogP contribution in [-0.4, -0.2) is 10.5 Å². The largest absolute Gasteiger partial charge is 0.347 e. The minimum absolute atomic E-state index is 0.231. The normalized spacial score (nSPS) is 14.6. The van der Waals surface area contributed by atoms with Crippen molar-refractivity contribution >= 4 is 16.8 Å². The van der Waals surface area contributed by atoms with Gasteiger partial charge in [0.1, 0.15) is 0 Å². The van der Waals surface area contributed by atoms with E-state index in [9.17, 15) is 4.79 Å². The molecule has 0 fully saturated rings. The van der Waals surface area contributed by atoms with Crippen molar-refractivity contribution in [3.8, 4) is 0 Å². The van der Waals surface area contributed by atoms with Crippen LogP contribution in [0, 0.1) is 0 Å². The first kappa shape index (κ1) is 11.3. The number of aromatic nitrogens is 1. The number of benzene rings is 1. The number of hydrogen-bond acceptors (Lipinski definition) is 2. The molecule has 1 aliphatic carbocycles. The number of carbonyl (C=O) groups is 1. The molecule has 2 aromatic rings. The third kappa shape index (κ3) is 1.53. The number of aryl methyl sites for hydroxylation is 2. The summed E-state index contributed by atoms with van der Waals surface area (Å²) < 4.78 is 2.26. The molecule has 4 heteroatoms. The molecule has 18 heavy (non-hydrogen) atoms.